The lowest BCUT2D eigenvalue weighted by Gasteiger charge is -2.11. The molecule has 2 amide bonds. The Balaban J connectivity index is 1.69. The van der Waals surface area contributed by atoms with Crippen molar-refractivity contribution in [2.45, 2.75) is 11.3 Å². The monoisotopic (exact) mass is 421 g/mol. The van der Waals surface area contributed by atoms with Crippen LogP contribution in [-0.4, -0.2) is 22.5 Å². The van der Waals surface area contributed by atoms with Crippen LogP contribution in [0, 0.1) is 10.1 Å². The Labute approximate surface area is 177 Å². The molecular formula is C22H19N3O4S. The Morgan fingerprint density at radius 2 is 1.70 bits per heavy atom. The number of hydrogen-bond acceptors (Lipinski definition) is 5. The molecule has 0 fully saturated rings. The van der Waals surface area contributed by atoms with Crippen molar-refractivity contribution in [2.24, 2.45) is 5.73 Å². The van der Waals surface area contributed by atoms with Gasteiger partial charge >= 0.3 is 0 Å². The van der Waals surface area contributed by atoms with Gasteiger partial charge in [-0.3, -0.25) is 19.7 Å². The van der Waals surface area contributed by atoms with Gasteiger partial charge in [0.25, 0.3) is 5.69 Å². The van der Waals surface area contributed by atoms with Crippen molar-refractivity contribution in [3.63, 3.8) is 0 Å². The van der Waals surface area contributed by atoms with E-state index in [2.05, 4.69) is 5.32 Å². The van der Waals surface area contributed by atoms with E-state index in [0.29, 0.717) is 12.1 Å². The van der Waals surface area contributed by atoms with Gasteiger partial charge in [0.05, 0.1) is 15.6 Å². The molecule has 8 heteroatoms. The number of thioether (sulfide) groups is 1. The van der Waals surface area contributed by atoms with Crippen molar-refractivity contribution in [3.8, 4) is 0 Å². The molecule has 152 valence electrons. The summed E-state index contributed by atoms with van der Waals surface area (Å²) in [5, 5.41) is 14.2. The SMILES string of the molecule is NC(=O)c1ccc(SCC(=O)Nc2ccccc2Cc2ccccc2)c([N+](=O)[O-])c1. The van der Waals surface area contributed by atoms with Crippen LogP contribution in [-0.2, 0) is 11.2 Å². The van der Waals surface area contributed by atoms with Crippen molar-refractivity contribution in [1.29, 1.82) is 0 Å². The number of carbonyl (C=O) groups is 2. The van der Waals surface area contributed by atoms with Gasteiger partial charge in [-0.1, -0.05) is 48.5 Å². The number of nitro groups is 1. The van der Waals surface area contributed by atoms with Crippen LogP contribution in [0.15, 0.2) is 77.7 Å². The normalized spacial score (nSPS) is 10.4. The van der Waals surface area contributed by atoms with Gasteiger partial charge in [0, 0.05) is 17.3 Å². The van der Waals surface area contributed by atoms with Gasteiger partial charge in [0.2, 0.25) is 11.8 Å². The van der Waals surface area contributed by atoms with Gasteiger partial charge in [-0.15, -0.1) is 11.8 Å². The number of nitrogens with two attached hydrogens (primary N) is 1. The smallest absolute Gasteiger partial charge is 0.283 e. The van der Waals surface area contributed by atoms with Gasteiger partial charge < -0.3 is 11.1 Å². The zero-order valence-electron chi connectivity index (χ0n) is 15.9. The lowest BCUT2D eigenvalue weighted by Crippen LogP contribution is -2.15. The number of para-hydroxylation sites is 1. The summed E-state index contributed by atoms with van der Waals surface area (Å²) in [5.41, 5.74) is 7.76. The van der Waals surface area contributed by atoms with E-state index in [1.165, 1.54) is 12.1 Å². The van der Waals surface area contributed by atoms with Gasteiger partial charge in [0.15, 0.2) is 0 Å². The molecule has 3 N–H and O–H groups in total. The van der Waals surface area contributed by atoms with Gasteiger partial charge in [0.1, 0.15) is 0 Å². The predicted molar refractivity (Wildman–Crippen MR) is 117 cm³/mol. The maximum absolute atomic E-state index is 12.5. The number of rotatable bonds is 8. The van der Waals surface area contributed by atoms with Crippen molar-refractivity contribution >= 4 is 35.0 Å². The first-order valence-corrected chi connectivity index (χ1v) is 10.1. The fraction of sp³-hybridized carbons (Fsp3) is 0.0909. The summed E-state index contributed by atoms with van der Waals surface area (Å²) >= 11 is 1.03. The van der Waals surface area contributed by atoms with E-state index < -0.39 is 10.8 Å². The number of amides is 2. The molecule has 0 aliphatic heterocycles. The number of hydrogen-bond donors (Lipinski definition) is 2. The topological polar surface area (TPSA) is 115 Å². The van der Waals surface area contributed by atoms with Crippen LogP contribution in [0.4, 0.5) is 11.4 Å². The standard InChI is InChI=1S/C22H19N3O4S/c23-22(27)17-10-11-20(19(13-17)25(28)29)30-14-21(26)24-18-9-5-4-8-16(18)12-15-6-2-1-3-7-15/h1-11,13H,12,14H2,(H2,23,27)(H,24,26). The lowest BCUT2D eigenvalue weighted by molar-refractivity contribution is -0.387. The number of benzene rings is 3. The summed E-state index contributed by atoms with van der Waals surface area (Å²) in [4.78, 5) is 34.7. The van der Waals surface area contributed by atoms with E-state index in [1.807, 2.05) is 54.6 Å². The number of anilines is 1. The second-order valence-electron chi connectivity index (χ2n) is 6.46. The molecule has 0 saturated heterocycles. The summed E-state index contributed by atoms with van der Waals surface area (Å²) < 4.78 is 0. The maximum Gasteiger partial charge on any atom is 0.283 e. The molecule has 0 aliphatic carbocycles. The fourth-order valence-electron chi connectivity index (χ4n) is 2.88. The zero-order chi connectivity index (χ0) is 21.5. The maximum atomic E-state index is 12.5. The molecule has 0 saturated carbocycles. The van der Waals surface area contributed by atoms with E-state index in [0.717, 1.165) is 29.0 Å². The minimum Gasteiger partial charge on any atom is -0.366 e. The molecule has 0 aliphatic rings. The molecule has 0 atom stereocenters. The average molecular weight is 421 g/mol. The largest absolute Gasteiger partial charge is 0.366 e. The van der Waals surface area contributed by atoms with Crippen molar-refractivity contribution in [1.82, 2.24) is 0 Å². The van der Waals surface area contributed by atoms with Crippen LogP contribution in [0.2, 0.25) is 0 Å². The number of carbonyl (C=O) groups excluding carboxylic acids is 2. The minimum atomic E-state index is -0.748. The molecule has 0 unspecified atom stereocenters. The first-order chi connectivity index (χ1) is 14.4. The van der Waals surface area contributed by atoms with E-state index in [4.69, 9.17) is 5.73 Å². The van der Waals surface area contributed by atoms with E-state index in [9.17, 15) is 19.7 Å². The zero-order valence-corrected chi connectivity index (χ0v) is 16.7. The molecule has 30 heavy (non-hydrogen) atoms. The van der Waals surface area contributed by atoms with E-state index in [1.54, 1.807) is 0 Å². The number of primary amides is 1. The summed E-state index contributed by atoms with van der Waals surface area (Å²) in [6.45, 7) is 0. The van der Waals surface area contributed by atoms with Crippen LogP contribution in [0.1, 0.15) is 21.5 Å². The summed E-state index contributed by atoms with van der Waals surface area (Å²) in [7, 11) is 0. The number of nitrogens with one attached hydrogen (secondary N) is 1. The Morgan fingerprint density at radius 1 is 1.00 bits per heavy atom. The van der Waals surface area contributed by atoms with E-state index >= 15 is 0 Å². The highest BCUT2D eigenvalue weighted by Crippen LogP contribution is 2.30. The third-order valence-electron chi connectivity index (χ3n) is 4.33. The van der Waals surface area contributed by atoms with Gasteiger partial charge in [-0.2, -0.15) is 0 Å². The van der Waals surface area contributed by atoms with Crippen LogP contribution < -0.4 is 11.1 Å². The molecular weight excluding hydrogens is 402 g/mol. The molecule has 0 spiro atoms. The average Bonchev–Trinajstić information content (AvgIpc) is 2.74. The van der Waals surface area contributed by atoms with Crippen molar-refractivity contribution < 1.29 is 14.5 Å². The third kappa shape index (κ3) is 5.45. The molecule has 3 aromatic rings. The summed E-state index contributed by atoms with van der Waals surface area (Å²) in [6.07, 6.45) is 0.671. The second kappa shape index (κ2) is 9.71. The highest BCUT2D eigenvalue weighted by Gasteiger charge is 2.18. The van der Waals surface area contributed by atoms with Gasteiger partial charge in [-0.05, 0) is 35.7 Å². The fourth-order valence-corrected chi connectivity index (χ4v) is 3.68. The van der Waals surface area contributed by atoms with Crippen LogP contribution in [0.5, 0.6) is 0 Å². The van der Waals surface area contributed by atoms with Crippen LogP contribution in [0.3, 0.4) is 0 Å². The molecule has 3 rings (SSSR count). The first-order valence-electron chi connectivity index (χ1n) is 9.07. The third-order valence-corrected chi connectivity index (χ3v) is 5.39. The number of nitro benzene ring substituents is 1. The van der Waals surface area contributed by atoms with Gasteiger partial charge in [-0.25, -0.2) is 0 Å². The quantitative estimate of drug-likeness (QED) is 0.324. The van der Waals surface area contributed by atoms with E-state index in [-0.39, 0.29) is 27.8 Å². The molecule has 0 bridgehead atoms. The summed E-state index contributed by atoms with van der Waals surface area (Å²) in [5.74, 6) is -1.05. The predicted octanol–water partition coefficient (Wildman–Crippen LogP) is 4.02. The highest BCUT2D eigenvalue weighted by atomic mass is 32.2. The highest BCUT2D eigenvalue weighted by molar-refractivity contribution is 8.00. The molecule has 0 aromatic heterocycles. The second-order valence-corrected chi connectivity index (χ2v) is 7.48. The Hall–Kier alpha value is -3.65. The lowest BCUT2D eigenvalue weighted by atomic mass is 10.0. The van der Waals surface area contributed by atoms with Crippen LogP contribution >= 0.6 is 11.8 Å². The molecule has 3 aromatic carbocycles. The Morgan fingerprint density at radius 3 is 2.40 bits per heavy atom. The van der Waals surface area contributed by atoms with Crippen molar-refractivity contribution in [2.75, 3.05) is 11.1 Å². The number of nitrogens with zero attached hydrogens (tertiary/aromatic N) is 1. The minimum absolute atomic E-state index is 0.0174. The molecule has 7 nitrogen and oxygen atoms in total. The Bertz CT molecular complexity index is 1090. The van der Waals surface area contributed by atoms with Crippen LogP contribution in [0.25, 0.3) is 0 Å². The van der Waals surface area contributed by atoms with Crippen molar-refractivity contribution in [3.05, 3.63) is 99.6 Å². The first kappa shape index (κ1) is 21.1. The molecule has 0 heterocycles. The Kier molecular flexibility index (Phi) is 6.82. The molecule has 0 radical (unpaired) electrons. The summed E-state index contributed by atoms with van der Waals surface area (Å²) in [6, 6.07) is 21.4.